The zero-order chi connectivity index (χ0) is 15.7. The van der Waals surface area contributed by atoms with E-state index in [0.29, 0.717) is 17.7 Å². The summed E-state index contributed by atoms with van der Waals surface area (Å²) >= 11 is 3.19. The van der Waals surface area contributed by atoms with Gasteiger partial charge in [0.05, 0.1) is 6.54 Å². The predicted molar refractivity (Wildman–Crippen MR) is 85.5 cm³/mol. The number of furan rings is 1. The number of nitrogens with one attached hydrogen (secondary N) is 2. The summed E-state index contributed by atoms with van der Waals surface area (Å²) in [6.45, 7) is 4.95. The maximum absolute atomic E-state index is 12.5. The van der Waals surface area contributed by atoms with Crippen molar-refractivity contribution < 1.29 is 12.8 Å². The molecule has 7 heteroatoms. The molecule has 0 aliphatic heterocycles. The molecule has 0 radical (unpaired) electrons. The molecule has 2 rings (SSSR count). The quantitative estimate of drug-likeness (QED) is 0.825. The Morgan fingerprint density at radius 1 is 1.38 bits per heavy atom. The molecule has 1 fully saturated rings. The standard InChI is InChI=1S/C14H23BrN2O3S/c1-14(2)6-4-10(5-7-14)17-21(18,19)12-8-11(9-16-3)20-13(12)15/h8,10,16-17H,4-7,9H2,1-3H3. The van der Waals surface area contributed by atoms with Gasteiger partial charge >= 0.3 is 0 Å². The molecule has 2 N–H and O–H groups in total. The van der Waals surface area contributed by atoms with Crippen molar-refractivity contribution in [3.05, 3.63) is 16.5 Å². The Labute approximate surface area is 135 Å². The summed E-state index contributed by atoms with van der Waals surface area (Å²) in [5.74, 6) is 0.592. The van der Waals surface area contributed by atoms with Crippen LogP contribution in [0.25, 0.3) is 0 Å². The summed E-state index contributed by atoms with van der Waals surface area (Å²) in [5.41, 5.74) is 0.318. The molecule has 1 aromatic rings. The van der Waals surface area contributed by atoms with Gasteiger partial charge in [-0.2, -0.15) is 0 Å². The Morgan fingerprint density at radius 2 is 2.00 bits per heavy atom. The van der Waals surface area contributed by atoms with Gasteiger partial charge in [-0.3, -0.25) is 0 Å². The Balaban J connectivity index is 2.08. The Bertz CT molecular complexity index is 585. The fourth-order valence-electron chi connectivity index (χ4n) is 2.64. The van der Waals surface area contributed by atoms with Crippen LogP contribution in [-0.2, 0) is 16.6 Å². The number of hydrogen-bond donors (Lipinski definition) is 2. The van der Waals surface area contributed by atoms with Gasteiger partial charge in [-0.15, -0.1) is 0 Å². The number of sulfonamides is 1. The molecule has 0 unspecified atom stereocenters. The topological polar surface area (TPSA) is 71.3 Å². The van der Waals surface area contributed by atoms with Crippen molar-refractivity contribution in [3.8, 4) is 0 Å². The molecule has 120 valence electrons. The monoisotopic (exact) mass is 378 g/mol. The van der Waals surface area contributed by atoms with Crippen LogP contribution in [0.2, 0.25) is 0 Å². The molecule has 5 nitrogen and oxygen atoms in total. The van der Waals surface area contributed by atoms with E-state index in [1.165, 1.54) is 0 Å². The third-order valence-electron chi connectivity index (χ3n) is 4.01. The Kier molecular flexibility index (Phi) is 5.18. The molecule has 0 spiro atoms. The molecular formula is C14H23BrN2O3S. The summed E-state index contributed by atoms with van der Waals surface area (Å²) in [6.07, 6.45) is 3.84. The fraction of sp³-hybridized carbons (Fsp3) is 0.714. The molecule has 21 heavy (non-hydrogen) atoms. The minimum absolute atomic E-state index is 0.0116. The van der Waals surface area contributed by atoms with Crippen LogP contribution in [-0.4, -0.2) is 21.5 Å². The number of hydrogen-bond acceptors (Lipinski definition) is 4. The summed E-state index contributed by atoms with van der Waals surface area (Å²) in [4.78, 5) is 0.178. The van der Waals surface area contributed by atoms with Crippen LogP contribution >= 0.6 is 15.9 Å². The highest BCUT2D eigenvalue weighted by Crippen LogP contribution is 2.36. The molecule has 0 atom stereocenters. The van der Waals surface area contributed by atoms with Crippen molar-refractivity contribution in [2.45, 2.75) is 57.0 Å². The minimum atomic E-state index is -3.54. The van der Waals surface area contributed by atoms with E-state index in [1.807, 2.05) is 0 Å². The average molecular weight is 379 g/mol. The molecule has 1 aromatic heterocycles. The first-order valence-corrected chi connectivity index (χ1v) is 9.46. The van der Waals surface area contributed by atoms with Gasteiger partial charge < -0.3 is 9.73 Å². The van der Waals surface area contributed by atoms with E-state index in [2.05, 4.69) is 39.8 Å². The summed E-state index contributed by atoms with van der Waals surface area (Å²) in [6, 6.07) is 1.58. The van der Waals surface area contributed by atoms with Gasteiger partial charge in [0.2, 0.25) is 10.0 Å². The van der Waals surface area contributed by atoms with Gasteiger partial charge in [0, 0.05) is 12.1 Å². The van der Waals surface area contributed by atoms with Crippen molar-refractivity contribution >= 4 is 26.0 Å². The highest BCUT2D eigenvalue weighted by atomic mass is 79.9. The summed E-state index contributed by atoms with van der Waals surface area (Å²) in [7, 11) is -1.76. The molecule has 0 amide bonds. The van der Waals surface area contributed by atoms with Gasteiger partial charge in [0.15, 0.2) is 4.67 Å². The van der Waals surface area contributed by atoms with Gasteiger partial charge in [-0.1, -0.05) is 13.8 Å². The van der Waals surface area contributed by atoms with Crippen LogP contribution in [0.1, 0.15) is 45.3 Å². The van der Waals surface area contributed by atoms with E-state index in [-0.39, 0.29) is 15.6 Å². The lowest BCUT2D eigenvalue weighted by Crippen LogP contribution is -2.39. The van der Waals surface area contributed by atoms with Crippen LogP contribution in [0.4, 0.5) is 0 Å². The van der Waals surface area contributed by atoms with Crippen LogP contribution in [0.15, 0.2) is 20.0 Å². The smallest absolute Gasteiger partial charge is 0.245 e. The number of rotatable bonds is 5. The van der Waals surface area contributed by atoms with Crippen LogP contribution in [0, 0.1) is 5.41 Å². The molecular weight excluding hydrogens is 356 g/mol. The minimum Gasteiger partial charge on any atom is -0.452 e. The zero-order valence-corrected chi connectivity index (χ0v) is 15.1. The van der Waals surface area contributed by atoms with E-state index < -0.39 is 10.0 Å². The lowest BCUT2D eigenvalue weighted by molar-refractivity contribution is 0.218. The molecule has 1 heterocycles. The first-order chi connectivity index (χ1) is 9.73. The average Bonchev–Trinajstić information content (AvgIpc) is 2.74. The lowest BCUT2D eigenvalue weighted by atomic mass is 9.76. The Hall–Kier alpha value is -0.370. The van der Waals surface area contributed by atoms with Crippen molar-refractivity contribution in [1.29, 1.82) is 0 Å². The second-order valence-corrected chi connectivity index (χ2v) is 8.84. The molecule has 0 aromatic carbocycles. The van der Waals surface area contributed by atoms with Gasteiger partial charge in [-0.05, 0) is 54.1 Å². The van der Waals surface area contributed by atoms with Crippen molar-refractivity contribution in [3.63, 3.8) is 0 Å². The Morgan fingerprint density at radius 3 is 2.57 bits per heavy atom. The van der Waals surface area contributed by atoms with E-state index >= 15 is 0 Å². The molecule has 1 saturated carbocycles. The van der Waals surface area contributed by atoms with Crippen molar-refractivity contribution in [2.75, 3.05) is 7.05 Å². The molecule has 0 saturated heterocycles. The van der Waals surface area contributed by atoms with Gasteiger partial charge in [0.1, 0.15) is 10.7 Å². The largest absolute Gasteiger partial charge is 0.452 e. The lowest BCUT2D eigenvalue weighted by Gasteiger charge is -2.34. The number of halogens is 1. The highest BCUT2D eigenvalue weighted by molar-refractivity contribution is 9.10. The molecule has 0 bridgehead atoms. The van der Waals surface area contributed by atoms with Gasteiger partial charge in [0.25, 0.3) is 0 Å². The van der Waals surface area contributed by atoms with E-state index in [4.69, 9.17) is 4.42 Å². The SMILES string of the molecule is CNCc1cc(S(=O)(=O)NC2CCC(C)(C)CC2)c(Br)o1. The molecule has 1 aliphatic rings. The van der Waals surface area contributed by atoms with Gasteiger partial charge in [-0.25, -0.2) is 13.1 Å². The predicted octanol–water partition coefficient (Wildman–Crippen LogP) is 3.01. The normalized spacial score (nSPS) is 19.8. The van der Waals surface area contributed by atoms with E-state index in [0.717, 1.165) is 25.7 Å². The summed E-state index contributed by atoms with van der Waals surface area (Å²) < 4.78 is 33.4. The fourth-order valence-corrected chi connectivity index (χ4v) is 4.95. The maximum Gasteiger partial charge on any atom is 0.245 e. The van der Waals surface area contributed by atoms with Crippen molar-refractivity contribution in [1.82, 2.24) is 10.0 Å². The van der Waals surface area contributed by atoms with Crippen LogP contribution < -0.4 is 10.0 Å². The molecule has 1 aliphatic carbocycles. The second-order valence-electron chi connectivity index (χ2n) is 6.44. The van der Waals surface area contributed by atoms with E-state index in [9.17, 15) is 8.42 Å². The second kappa shape index (κ2) is 6.40. The zero-order valence-electron chi connectivity index (χ0n) is 12.7. The highest BCUT2D eigenvalue weighted by Gasteiger charge is 2.31. The van der Waals surface area contributed by atoms with Crippen LogP contribution in [0.5, 0.6) is 0 Å². The van der Waals surface area contributed by atoms with Crippen LogP contribution in [0.3, 0.4) is 0 Å². The summed E-state index contributed by atoms with van der Waals surface area (Å²) in [5, 5.41) is 2.94. The van der Waals surface area contributed by atoms with Crippen molar-refractivity contribution in [2.24, 2.45) is 5.41 Å². The first-order valence-electron chi connectivity index (χ1n) is 7.19. The third kappa shape index (κ3) is 4.31. The van der Waals surface area contributed by atoms with E-state index in [1.54, 1.807) is 13.1 Å². The third-order valence-corrected chi connectivity index (χ3v) is 6.39. The maximum atomic E-state index is 12.5. The first kappa shape index (κ1) is 17.0.